The van der Waals surface area contributed by atoms with Crippen molar-refractivity contribution in [2.45, 2.75) is 0 Å². The van der Waals surface area contributed by atoms with Gasteiger partial charge in [0.15, 0.2) is 0 Å². The highest BCUT2D eigenvalue weighted by Crippen LogP contribution is 2.19. The quantitative estimate of drug-likeness (QED) is 0.506. The molecule has 78 valence electrons. The van der Waals surface area contributed by atoms with E-state index in [1.807, 2.05) is 0 Å². The van der Waals surface area contributed by atoms with Crippen molar-refractivity contribution in [1.29, 1.82) is 0 Å². The van der Waals surface area contributed by atoms with E-state index in [9.17, 15) is 4.79 Å². The van der Waals surface area contributed by atoms with Gasteiger partial charge in [-0.1, -0.05) is 24.2 Å². The average Bonchev–Trinajstić information content (AvgIpc) is 2.20. The zero-order valence-corrected chi connectivity index (χ0v) is 8.53. The fourth-order valence-electron chi connectivity index (χ4n) is 0.977. The first-order valence-electron chi connectivity index (χ1n) is 4.13. The maximum atomic E-state index is 11.0. The number of halogens is 1. The molecule has 0 aliphatic heterocycles. The first kappa shape index (κ1) is 11.8. The van der Waals surface area contributed by atoms with Gasteiger partial charge in [-0.2, -0.15) is 0 Å². The summed E-state index contributed by atoms with van der Waals surface area (Å²) in [6.45, 7) is 3.30. The Morgan fingerprint density at radius 1 is 1.53 bits per heavy atom. The summed E-state index contributed by atoms with van der Waals surface area (Å²) in [5.74, 6) is -0.380. The second-order valence-corrected chi connectivity index (χ2v) is 3.21. The molecule has 0 aromatic heterocycles. The zero-order chi connectivity index (χ0) is 11.4. The number of benzene rings is 1. The van der Waals surface area contributed by atoms with Crippen LogP contribution in [0.25, 0.3) is 0 Å². The lowest BCUT2D eigenvalue weighted by Crippen LogP contribution is -2.29. The van der Waals surface area contributed by atoms with Gasteiger partial charge < -0.3 is 15.4 Å². The lowest BCUT2D eigenvalue weighted by Gasteiger charge is -2.06. The van der Waals surface area contributed by atoms with Crippen LogP contribution < -0.4 is 10.8 Å². The standard InChI is InChI=1S/C9H9BClNO3/c1-2-9(13)12-8-4-3-6(10(14)15)5-7(8)11/h2-5,14-15H,1H2,(H,12,13). The van der Waals surface area contributed by atoms with Crippen LogP contribution in [-0.2, 0) is 4.79 Å². The Balaban J connectivity index is 2.93. The summed E-state index contributed by atoms with van der Waals surface area (Å²) >= 11 is 5.80. The molecule has 0 unspecified atom stereocenters. The third-order valence-corrected chi connectivity index (χ3v) is 2.05. The number of carbonyl (C=O) groups is 1. The molecule has 1 aromatic carbocycles. The maximum Gasteiger partial charge on any atom is 0.488 e. The zero-order valence-electron chi connectivity index (χ0n) is 7.77. The molecule has 0 fully saturated rings. The van der Waals surface area contributed by atoms with Crippen LogP contribution in [0.5, 0.6) is 0 Å². The van der Waals surface area contributed by atoms with Crippen molar-refractivity contribution in [1.82, 2.24) is 0 Å². The van der Waals surface area contributed by atoms with E-state index in [2.05, 4.69) is 11.9 Å². The van der Waals surface area contributed by atoms with E-state index in [0.29, 0.717) is 5.69 Å². The van der Waals surface area contributed by atoms with Crippen molar-refractivity contribution in [3.8, 4) is 0 Å². The number of rotatable bonds is 3. The van der Waals surface area contributed by atoms with Gasteiger partial charge in [0, 0.05) is 0 Å². The Hall–Kier alpha value is -1.30. The summed E-state index contributed by atoms with van der Waals surface area (Å²) in [7, 11) is -1.58. The van der Waals surface area contributed by atoms with Crippen molar-refractivity contribution in [2.75, 3.05) is 5.32 Å². The predicted octanol–water partition coefficient (Wildman–Crippen LogP) is 0.144. The van der Waals surface area contributed by atoms with Crippen LogP contribution in [0.15, 0.2) is 30.9 Å². The highest BCUT2D eigenvalue weighted by Gasteiger charge is 2.12. The molecule has 0 aliphatic carbocycles. The Labute approximate surface area is 92.3 Å². The van der Waals surface area contributed by atoms with Gasteiger partial charge in [0.05, 0.1) is 10.7 Å². The van der Waals surface area contributed by atoms with Crippen LogP contribution in [0.1, 0.15) is 0 Å². The van der Waals surface area contributed by atoms with Gasteiger partial charge in [-0.05, 0) is 23.7 Å². The second-order valence-electron chi connectivity index (χ2n) is 2.81. The van der Waals surface area contributed by atoms with Gasteiger partial charge in [-0.3, -0.25) is 4.79 Å². The smallest absolute Gasteiger partial charge is 0.423 e. The van der Waals surface area contributed by atoms with Crippen LogP contribution in [0.4, 0.5) is 5.69 Å². The van der Waals surface area contributed by atoms with Crippen LogP contribution in [0.2, 0.25) is 5.02 Å². The third kappa shape index (κ3) is 3.09. The SMILES string of the molecule is C=CC(=O)Nc1ccc(B(O)O)cc1Cl. The van der Waals surface area contributed by atoms with Crippen LogP contribution in [-0.4, -0.2) is 23.1 Å². The molecule has 1 amide bonds. The molecule has 0 bridgehead atoms. The van der Waals surface area contributed by atoms with Crippen molar-refractivity contribution in [3.05, 3.63) is 35.9 Å². The Morgan fingerprint density at radius 2 is 2.20 bits per heavy atom. The van der Waals surface area contributed by atoms with Crippen molar-refractivity contribution in [3.63, 3.8) is 0 Å². The molecule has 15 heavy (non-hydrogen) atoms. The van der Waals surface area contributed by atoms with Crippen LogP contribution >= 0.6 is 11.6 Å². The van der Waals surface area contributed by atoms with Crippen molar-refractivity contribution >= 4 is 35.8 Å². The van der Waals surface area contributed by atoms with Gasteiger partial charge in [-0.25, -0.2) is 0 Å². The minimum absolute atomic E-state index is 0.232. The molecule has 6 heteroatoms. The van der Waals surface area contributed by atoms with E-state index in [4.69, 9.17) is 21.6 Å². The molecule has 1 aromatic rings. The van der Waals surface area contributed by atoms with Gasteiger partial charge >= 0.3 is 7.12 Å². The Morgan fingerprint density at radius 3 is 2.67 bits per heavy atom. The highest BCUT2D eigenvalue weighted by atomic mass is 35.5. The number of amides is 1. The summed E-state index contributed by atoms with van der Waals surface area (Å²) in [5.41, 5.74) is 0.655. The van der Waals surface area contributed by atoms with E-state index < -0.39 is 7.12 Å². The number of carbonyl (C=O) groups excluding carboxylic acids is 1. The van der Waals surface area contributed by atoms with Crippen LogP contribution in [0.3, 0.4) is 0 Å². The molecule has 0 saturated carbocycles. The molecule has 3 N–H and O–H groups in total. The first-order valence-corrected chi connectivity index (χ1v) is 4.51. The molecule has 0 spiro atoms. The Bertz CT molecular complexity index is 395. The number of anilines is 1. The summed E-state index contributed by atoms with van der Waals surface area (Å²) < 4.78 is 0. The van der Waals surface area contributed by atoms with Crippen molar-refractivity contribution < 1.29 is 14.8 Å². The molecule has 0 heterocycles. The third-order valence-electron chi connectivity index (χ3n) is 1.73. The lowest BCUT2D eigenvalue weighted by molar-refractivity contribution is -0.111. The fourth-order valence-corrected chi connectivity index (χ4v) is 1.21. The monoisotopic (exact) mass is 225 g/mol. The number of hydrogen-bond acceptors (Lipinski definition) is 3. The largest absolute Gasteiger partial charge is 0.488 e. The second kappa shape index (κ2) is 4.98. The topological polar surface area (TPSA) is 69.6 Å². The summed E-state index contributed by atoms with van der Waals surface area (Å²) in [5, 5.41) is 20.4. The minimum Gasteiger partial charge on any atom is -0.423 e. The van der Waals surface area contributed by atoms with Gasteiger partial charge in [0.1, 0.15) is 0 Å². The molecule has 4 nitrogen and oxygen atoms in total. The lowest BCUT2D eigenvalue weighted by atomic mass is 9.80. The van der Waals surface area contributed by atoms with Gasteiger partial charge in [0.25, 0.3) is 0 Å². The summed E-state index contributed by atoms with van der Waals surface area (Å²) in [6, 6.07) is 4.30. The fraction of sp³-hybridized carbons (Fsp3) is 0. The highest BCUT2D eigenvalue weighted by molar-refractivity contribution is 6.59. The van der Waals surface area contributed by atoms with Crippen molar-refractivity contribution in [2.24, 2.45) is 0 Å². The summed E-state index contributed by atoms with van der Waals surface area (Å²) in [4.78, 5) is 11.0. The first-order chi connectivity index (χ1) is 7.04. The molecule has 0 aliphatic rings. The minimum atomic E-state index is -1.58. The van der Waals surface area contributed by atoms with E-state index in [0.717, 1.165) is 6.08 Å². The average molecular weight is 225 g/mol. The summed E-state index contributed by atoms with van der Waals surface area (Å²) in [6.07, 6.45) is 1.12. The maximum absolute atomic E-state index is 11.0. The normalized spacial score (nSPS) is 9.53. The molecule has 0 radical (unpaired) electrons. The number of hydrogen-bond donors (Lipinski definition) is 3. The Kier molecular flexibility index (Phi) is 3.91. The van der Waals surface area contributed by atoms with Gasteiger partial charge in [-0.15, -0.1) is 0 Å². The molecule has 1 rings (SSSR count). The molecular formula is C9H9BClNO3. The van der Waals surface area contributed by atoms with E-state index >= 15 is 0 Å². The number of nitrogens with one attached hydrogen (secondary N) is 1. The molecule has 0 saturated heterocycles. The van der Waals surface area contributed by atoms with Crippen LogP contribution in [0, 0.1) is 0 Å². The molecule has 0 atom stereocenters. The predicted molar refractivity (Wildman–Crippen MR) is 60.1 cm³/mol. The van der Waals surface area contributed by atoms with E-state index in [1.165, 1.54) is 18.2 Å². The van der Waals surface area contributed by atoms with E-state index in [1.54, 1.807) is 0 Å². The molecular weight excluding hydrogens is 216 g/mol. The van der Waals surface area contributed by atoms with E-state index in [-0.39, 0.29) is 16.4 Å². The van der Waals surface area contributed by atoms with Gasteiger partial charge in [0.2, 0.25) is 5.91 Å².